The van der Waals surface area contributed by atoms with E-state index >= 15 is 0 Å². The second-order valence-electron chi connectivity index (χ2n) is 7.31. The lowest BCUT2D eigenvalue weighted by molar-refractivity contribution is -0.122. The van der Waals surface area contributed by atoms with Gasteiger partial charge in [0.1, 0.15) is 6.54 Å². The molecule has 3 rings (SSSR count). The number of benzene rings is 2. The highest BCUT2D eigenvalue weighted by molar-refractivity contribution is 5.95. The van der Waals surface area contributed by atoms with E-state index in [2.05, 4.69) is 5.32 Å². The van der Waals surface area contributed by atoms with E-state index in [4.69, 9.17) is 4.74 Å². The first-order chi connectivity index (χ1) is 14.4. The van der Waals surface area contributed by atoms with Crippen molar-refractivity contribution >= 4 is 11.9 Å². The maximum absolute atomic E-state index is 12.9. The van der Waals surface area contributed by atoms with Gasteiger partial charge in [-0.2, -0.15) is 0 Å². The highest BCUT2D eigenvalue weighted by atomic mass is 16.5. The quantitative estimate of drug-likeness (QED) is 0.574. The molecule has 0 saturated carbocycles. The maximum Gasteiger partial charge on any atom is 0.340 e. The summed E-state index contributed by atoms with van der Waals surface area (Å²) in [7, 11) is 0. The van der Waals surface area contributed by atoms with E-state index in [0.717, 1.165) is 28.1 Å². The second kappa shape index (κ2) is 9.44. The van der Waals surface area contributed by atoms with E-state index in [1.54, 1.807) is 6.92 Å². The van der Waals surface area contributed by atoms with Crippen molar-refractivity contribution < 1.29 is 14.3 Å². The number of ether oxygens (including phenoxy) is 1. The predicted molar refractivity (Wildman–Crippen MR) is 118 cm³/mol. The standard InChI is InChI=1S/C25H28N2O3/c1-5-30-25(29)23-17(2)24(21-14-10-7-11-15-21)27(19(23)4)16-22(28)26-18(3)20-12-8-6-9-13-20/h6-15,18H,5,16H2,1-4H3,(H,26,28)/t18-/m1/s1. The zero-order valence-electron chi connectivity index (χ0n) is 17.9. The number of carbonyl (C=O) groups is 2. The molecule has 0 aliphatic carbocycles. The molecule has 1 heterocycles. The first kappa shape index (κ1) is 21.4. The molecule has 0 fully saturated rings. The maximum atomic E-state index is 12.9. The molecule has 0 spiro atoms. The highest BCUT2D eigenvalue weighted by Gasteiger charge is 2.25. The Hall–Kier alpha value is -3.34. The van der Waals surface area contributed by atoms with E-state index in [9.17, 15) is 9.59 Å². The Kier molecular flexibility index (Phi) is 6.72. The van der Waals surface area contributed by atoms with Crippen molar-refractivity contribution in [1.29, 1.82) is 0 Å². The molecule has 0 saturated heterocycles. The van der Waals surface area contributed by atoms with Gasteiger partial charge >= 0.3 is 5.97 Å². The van der Waals surface area contributed by atoms with Crippen LogP contribution in [0, 0.1) is 13.8 Å². The van der Waals surface area contributed by atoms with Gasteiger partial charge in [-0.05, 0) is 44.4 Å². The minimum absolute atomic E-state index is 0.111. The third kappa shape index (κ3) is 4.46. The van der Waals surface area contributed by atoms with Crippen LogP contribution in [0.2, 0.25) is 0 Å². The fraction of sp³-hybridized carbons (Fsp3) is 0.280. The molecule has 1 aromatic heterocycles. The van der Waals surface area contributed by atoms with Crippen LogP contribution in [0.4, 0.5) is 0 Å². The van der Waals surface area contributed by atoms with Crippen LogP contribution in [0.1, 0.15) is 47.1 Å². The Morgan fingerprint density at radius 1 is 1.00 bits per heavy atom. The summed E-state index contributed by atoms with van der Waals surface area (Å²) in [6, 6.07) is 19.5. The number of hydrogen-bond donors (Lipinski definition) is 1. The zero-order chi connectivity index (χ0) is 21.7. The molecule has 1 amide bonds. The topological polar surface area (TPSA) is 60.3 Å². The van der Waals surface area contributed by atoms with Crippen molar-refractivity contribution in [2.75, 3.05) is 6.61 Å². The third-order valence-electron chi connectivity index (χ3n) is 5.27. The Balaban J connectivity index is 1.95. The van der Waals surface area contributed by atoms with Gasteiger partial charge in [-0.25, -0.2) is 4.79 Å². The predicted octanol–water partition coefficient (Wildman–Crippen LogP) is 4.83. The van der Waals surface area contributed by atoms with E-state index in [1.807, 2.05) is 86.0 Å². The number of rotatable bonds is 7. The molecular weight excluding hydrogens is 376 g/mol. The van der Waals surface area contributed by atoms with Crippen LogP contribution in [0.3, 0.4) is 0 Å². The monoisotopic (exact) mass is 404 g/mol. The SMILES string of the molecule is CCOC(=O)c1c(C)c(-c2ccccc2)n(CC(=O)N[C@H](C)c2ccccc2)c1C. The summed E-state index contributed by atoms with van der Waals surface area (Å²) in [4.78, 5) is 25.5. The van der Waals surface area contributed by atoms with Crippen LogP contribution in [-0.2, 0) is 16.1 Å². The molecule has 0 aliphatic rings. The van der Waals surface area contributed by atoms with Gasteiger partial charge in [0.15, 0.2) is 0 Å². The minimum atomic E-state index is -0.360. The van der Waals surface area contributed by atoms with Gasteiger partial charge in [0.25, 0.3) is 0 Å². The summed E-state index contributed by atoms with van der Waals surface area (Å²) < 4.78 is 7.18. The van der Waals surface area contributed by atoms with Crippen molar-refractivity contribution in [3.63, 3.8) is 0 Å². The van der Waals surface area contributed by atoms with Gasteiger partial charge in [-0.15, -0.1) is 0 Å². The first-order valence-electron chi connectivity index (χ1n) is 10.2. The number of amides is 1. The van der Waals surface area contributed by atoms with E-state index in [1.165, 1.54) is 0 Å². The Morgan fingerprint density at radius 2 is 1.60 bits per heavy atom. The van der Waals surface area contributed by atoms with Crippen molar-refractivity contribution in [3.8, 4) is 11.3 Å². The normalized spacial score (nSPS) is 11.7. The third-order valence-corrected chi connectivity index (χ3v) is 5.27. The Bertz CT molecular complexity index is 1020. The number of nitrogens with one attached hydrogen (secondary N) is 1. The van der Waals surface area contributed by atoms with E-state index in [0.29, 0.717) is 12.2 Å². The molecule has 0 unspecified atom stereocenters. The van der Waals surface area contributed by atoms with Crippen LogP contribution >= 0.6 is 0 Å². The molecule has 5 heteroatoms. The van der Waals surface area contributed by atoms with Gasteiger partial charge in [0.2, 0.25) is 5.91 Å². The highest BCUT2D eigenvalue weighted by Crippen LogP contribution is 2.31. The summed E-state index contributed by atoms with van der Waals surface area (Å²) in [5, 5.41) is 3.06. The zero-order valence-corrected chi connectivity index (χ0v) is 17.9. The van der Waals surface area contributed by atoms with E-state index < -0.39 is 0 Å². The smallest absolute Gasteiger partial charge is 0.340 e. The van der Waals surface area contributed by atoms with Crippen molar-refractivity contribution in [1.82, 2.24) is 9.88 Å². The molecule has 5 nitrogen and oxygen atoms in total. The Morgan fingerprint density at radius 3 is 2.20 bits per heavy atom. The summed E-state index contributed by atoms with van der Waals surface area (Å²) >= 11 is 0. The van der Waals surface area contributed by atoms with Gasteiger partial charge < -0.3 is 14.6 Å². The lowest BCUT2D eigenvalue weighted by Gasteiger charge is -2.17. The van der Waals surface area contributed by atoms with Crippen LogP contribution in [-0.4, -0.2) is 23.1 Å². The number of nitrogens with zero attached hydrogens (tertiary/aromatic N) is 1. The fourth-order valence-corrected chi connectivity index (χ4v) is 3.82. The fourth-order valence-electron chi connectivity index (χ4n) is 3.82. The Labute approximate surface area is 177 Å². The second-order valence-corrected chi connectivity index (χ2v) is 7.31. The molecule has 0 radical (unpaired) electrons. The molecule has 0 bridgehead atoms. The van der Waals surface area contributed by atoms with Gasteiger partial charge in [-0.1, -0.05) is 60.7 Å². The molecule has 0 aliphatic heterocycles. The van der Waals surface area contributed by atoms with Gasteiger partial charge in [0.05, 0.1) is 23.9 Å². The van der Waals surface area contributed by atoms with Gasteiger partial charge in [0, 0.05) is 5.69 Å². The van der Waals surface area contributed by atoms with Crippen LogP contribution < -0.4 is 5.32 Å². The van der Waals surface area contributed by atoms with E-state index in [-0.39, 0.29) is 24.5 Å². The molecule has 2 aromatic carbocycles. The molecule has 1 atom stereocenters. The lowest BCUT2D eigenvalue weighted by atomic mass is 10.1. The number of esters is 1. The molecule has 30 heavy (non-hydrogen) atoms. The molecule has 1 N–H and O–H groups in total. The largest absolute Gasteiger partial charge is 0.462 e. The molecule has 156 valence electrons. The van der Waals surface area contributed by atoms with Crippen LogP contribution in [0.15, 0.2) is 60.7 Å². The van der Waals surface area contributed by atoms with Crippen LogP contribution in [0.5, 0.6) is 0 Å². The number of aromatic nitrogens is 1. The minimum Gasteiger partial charge on any atom is -0.462 e. The summed E-state index contributed by atoms with van der Waals surface area (Å²) in [6.07, 6.45) is 0. The molecule has 3 aromatic rings. The number of carbonyl (C=O) groups excluding carboxylic acids is 2. The summed E-state index contributed by atoms with van der Waals surface area (Å²) in [5.74, 6) is -0.474. The average molecular weight is 405 g/mol. The average Bonchev–Trinajstić information content (AvgIpc) is 2.98. The van der Waals surface area contributed by atoms with Crippen molar-refractivity contribution in [2.45, 2.75) is 40.3 Å². The van der Waals surface area contributed by atoms with Crippen molar-refractivity contribution in [3.05, 3.63) is 83.0 Å². The van der Waals surface area contributed by atoms with Gasteiger partial charge in [-0.3, -0.25) is 4.79 Å². The van der Waals surface area contributed by atoms with Crippen molar-refractivity contribution in [2.24, 2.45) is 0 Å². The summed E-state index contributed by atoms with van der Waals surface area (Å²) in [6.45, 7) is 7.94. The number of hydrogen-bond acceptors (Lipinski definition) is 3. The molecular formula is C25H28N2O3. The first-order valence-corrected chi connectivity index (χ1v) is 10.2. The van der Waals surface area contributed by atoms with Crippen LogP contribution in [0.25, 0.3) is 11.3 Å². The lowest BCUT2D eigenvalue weighted by Crippen LogP contribution is -2.30. The summed E-state index contributed by atoms with van der Waals surface area (Å²) in [5.41, 5.74) is 4.94.